The number of anilines is 1. The van der Waals surface area contributed by atoms with Gasteiger partial charge in [0, 0.05) is 5.56 Å². The number of hydrogen-bond donors (Lipinski definition) is 4. The summed E-state index contributed by atoms with van der Waals surface area (Å²) in [6.07, 6.45) is 3.45. The lowest BCUT2D eigenvalue weighted by Gasteiger charge is -2.03. The minimum atomic E-state index is -1.24. The molecule has 0 aliphatic heterocycles. The van der Waals surface area contributed by atoms with E-state index < -0.39 is 11.9 Å². The molecular formula is C10H11N5O3. The van der Waals surface area contributed by atoms with Crippen molar-refractivity contribution in [1.82, 2.24) is 20.2 Å². The zero-order valence-corrected chi connectivity index (χ0v) is 9.52. The number of hydrogen-bond acceptors (Lipinski definition) is 4. The lowest BCUT2D eigenvalue weighted by molar-refractivity contribution is 0.0686. The number of aromatic nitrogens is 4. The summed E-state index contributed by atoms with van der Waals surface area (Å²) in [5, 5.41) is 17.8. The second kappa shape index (κ2) is 4.70. The van der Waals surface area contributed by atoms with Gasteiger partial charge in [0.15, 0.2) is 11.4 Å². The van der Waals surface area contributed by atoms with Crippen molar-refractivity contribution >= 4 is 17.7 Å². The van der Waals surface area contributed by atoms with Crippen LogP contribution < -0.4 is 5.32 Å². The number of nitrogens with one attached hydrogen (secondary N) is 3. The fourth-order valence-electron chi connectivity index (χ4n) is 1.49. The van der Waals surface area contributed by atoms with Gasteiger partial charge in [0.25, 0.3) is 5.91 Å². The molecule has 0 aromatic carbocycles. The summed E-state index contributed by atoms with van der Waals surface area (Å²) in [5.74, 6) is -1.40. The average Bonchev–Trinajstić information content (AvgIpc) is 2.96. The number of carboxylic acids is 1. The van der Waals surface area contributed by atoms with Crippen molar-refractivity contribution in [3.8, 4) is 0 Å². The maximum absolute atomic E-state index is 11.9. The Hall–Kier alpha value is -2.64. The molecule has 2 heterocycles. The van der Waals surface area contributed by atoms with E-state index >= 15 is 0 Å². The highest BCUT2D eigenvalue weighted by atomic mass is 16.4. The van der Waals surface area contributed by atoms with E-state index in [1.807, 2.05) is 6.92 Å². The van der Waals surface area contributed by atoms with E-state index in [4.69, 9.17) is 5.11 Å². The van der Waals surface area contributed by atoms with Crippen LogP contribution in [0, 0.1) is 0 Å². The molecule has 0 spiro atoms. The Kier molecular flexibility index (Phi) is 3.09. The fourth-order valence-corrected chi connectivity index (χ4v) is 1.49. The number of rotatable bonds is 4. The molecule has 0 saturated heterocycles. The number of carbonyl (C=O) groups is 2. The van der Waals surface area contributed by atoms with Gasteiger partial charge in [0.1, 0.15) is 5.82 Å². The van der Waals surface area contributed by atoms with Crippen molar-refractivity contribution in [3.63, 3.8) is 0 Å². The fraction of sp³-hybridized carbons (Fsp3) is 0.200. The van der Waals surface area contributed by atoms with E-state index in [-0.39, 0.29) is 11.4 Å². The lowest BCUT2D eigenvalue weighted by Crippen LogP contribution is -2.17. The molecule has 2 aromatic heterocycles. The SMILES string of the molecule is CCc1cn[nH]c1NC(=O)c1nc[nH]c1C(=O)O. The highest BCUT2D eigenvalue weighted by Crippen LogP contribution is 2.13. The van der Waals surface area contributed by atoms with Gasteiger partial charge in [-0.1, -0.05) is 6.92 Å². The third kappa shape index (κ3) is 2.08. The van der Waals surface area contributed by atoms with Crippen LogP contribution in [0.3, 0.4) is 0 Å². The molecule has 2 rings (SSSR count). The number of aromatic amines is 2. The Morgan fingerprint density at radius 2 is 2.28 bits per heavy atom. The van der Waals surface area contributed by atoms with Crippen molar-refractivity contribution in [2.45, 2.75) is 13.3 Å². The molecule has 0 aliphatic rings. The van der Waals surface area contributed by atoms with Gasteiger partial charge in [-0.15, -0.1) is 0 Å². The van der Waals surface area contributed by atoms with Crippen LogP contribution in [0.15, 0.2) is 12.5 Å². The molecule has 1 amide bonds. The Morgan fingerprint density at radius 1 is 1.50 bits per heavy atom. The molecule has 0 fully saturated rings. The lowest BCUT2D eigenvalue weighted by atomic mass is 10.2. The number of imidazole rings is 1. The molecule has 4 N–H and O–H groups in total. The molecule has 94 valence electrons. The number of carbonyl (C=O) groups excluding carboxylic acids is 1. The average molecular weight is 249 g/mol. The first kappa shape index (κ1) is 11.8. The van der Waals surface area contributed by atoms with Crippen molar-refractivity contribution in [1.29, 1.82) is 0 Å². The summed E-state index contributed by atoms with van der Waals surface area (Å²) in [6, 6.07) is 0. The molecule has 8 heteroatoms. The van der Waals surface area contributed by atoms with Crippen molar-refractivity contribution in [2.24, 2.45) is 0 Å². The minimum absolute atomic E-state index is 0.167. The molecule has 0 bridgehead atoms. The van der Waals surface area contributed by atoms with E-state index in [1.165, 1.54) is 0 Å². The smallest absolute Gasteiger partial charge is 0.354 e. The normalized spacial score (nSPS) is 10.3. The highest BCUT2D eigenvalue weighted by Gasteiger charge is 2.20. The molecule has 0 radical (unpaired) electrons. The van der Waals surface area contributed by atoms with Crippen LogP contribution in [0.25, 0.3) is 0 Å². The first-order valence-corrected chi connectivity index (χ1v) is 5.23. The second-order valence-corrected chi connectivity index (χ2v) is 3.51. The first-order valence-electron chi connectivity index (χ1n) is 5.23. The predicted octanol–water partition coefficient (Wildman–Crippen LogP) is 0.646. The van der Waals surface area contributed by atoms with E-state index in [1.54, 1.807) is 6.20 Å². The van der Waals surface area contributed by atoms with Gasteiger partial charge < -0.3 is 15.4 Å². The van der Waals surface area contributed by atoms with Crippen LogP contribution in [0.2, 0.25) is 0 Å². The molecule has 8 nitrogen and oxygen atoms in total. The summed E-state index contributed by atoms with van der Waals surface area (Å²) in [6.45, 7) is 1.91. The quantitative estimate of drug-likeness (QED) is 0.633. The van der Waals surface area contributed by atoms with Crippen LogP contribution in [-0.2, 0) is 6.42 Å². The van der Waals surface area contributed by atoms with Gasteiger partial charge in [0.2, 0.25) is 0 Å². The number of H-pyrrole nitrogens is 2. The zero-order chi connectivity index (χ0) is 13.1. The highest BCUT2D eigenvalue weighted by molar-refractivity contribution is 6.08. The number of nitrogens with zero attached hydrogens (tertiary/aromatic N) is 2. The predicted molar refractivity (Wildman–Crippen MR) is 61.5 cm³/mol. The molecule has 18 heavy (non-hydrogen) atoms. The van der Waals surface area contributed by atoms with Gasteiger partial charge in [-0.2, -0.15) is 5.10 Å². The number of aromatic carboxylic acids is 1. The van der Waals surface area contributed by atoms with Crippen LogP contribution in [0.4, 0.5) is 5.82 Å². The molecule has 2 aromatic rings. The van der Waals surface area contributed by atoms with Crippen molar-refractivity contribution < 1.29 is 14.7 Å². The van der Waals surface area contributed by atoms with Crippen molar-refractivity contribution in [3.05, 3.63) is 29.5 Å². The van der Waals surface area contributed by atoms with Gasteiger partial charge in [-0.3, -0.25) is 9.89 Å². The molecule has 0 unspecified atom stereocenters. The van der Waals surface area contributed by atoms with Gasteiger partial charge >= 0.3 is 5.97 Å². The molecule has 0 aliphatic carbocycles. The number of carboxylic acid groups (broad SMARTS) is 1. The van der Waals surface area contributed by atoms with Crippen LogP contribution in [0.1, 0.15) is 33.5 Å². The summed E-state index contributed by atoms with van der Waals surface area (Å²) in [5.41, 5.74) is 0.417. The topological polar surface area (TPSA) is 124 Å². The van der Waals surface area contributed by atoms with E-state index in [0.29, 0.717) is 12.2 Å². The third-order valence-electron chi connectivity index (χ3n) is 2.41. The van der Waals surface area contributed by atoms with Gasteiger partial charge in [-0.05, 0) is 6.42 Å². The van der Waals surface area contributed by atoms with Gasteiger partial charge in [-0.25, -0.2) is 9.78 Å². The van der Waals surface area contributed by atoms with Crippen LogP contribution in [-0.4, -0.2) is 37.1 Å². The third-order valence-corrected chi connectivity index (χ3v) is 2.41. The number of aryl methyl sites for hydroxylation is 1. The Bertz CT molecular complexity index is 586. The van der Waals surface area contributed by atoms with E-state index in [0.717, 1.165) is 11.9 Å². The second-order valence-electron chi connectivity index (χ2n) is 3.51. The van der Waals surface area contributed by atoms with Crippen molar-refractivity contribution in [2.75, 3.05) is 5.32 Å². The summed E-state index contributed by atoms with van der Waals surface area (Å²) < 4.78 is 0. The Morgan fingerprint density at radius 3 is 2.94 bits per heavy atom. The first-order chi connectivity index (χ1) is 8.63. The van der Waals surface area contributed by atoms with E-state index in [9.17, 15) is 9.59 Å². The zero-order valence-electron chi connectivity index (χ0n) is 9.52. The Labute approximate surface area is 101 Å². The van der Waals surface area contributed by atoms with Gasteiger partial charge in [0.05, 0.1) is 12.5 Å². The number of amides is 1. The van der Waals surface area contributed by atoms with Crippen LogP contribution in [0.5, 0.6) is 0 Å². The molecule has 0 saturated carbocycles. The maximum Gasteiger partial charge on any atom is 0.354 e. The standard InChI is InChI=1S/C10H11N5O3/c1-2-5-3-13-15-8(5)14-9(16)6-7(10(17)18)12-4-11-6/h3-4H,2H2,1H3,(H,11,12)(H,17,18)(H2,13,14,15,16). The maximum atomic E-state index is 11.9. The Balaban J connectivity index is 2.22. The van der Waals surface area contributed by atoms with Crippen LogP contribution >= 0.6 is 0 Å². The monoisotopic (exact) mass is 249 g/mol. The summed E-state index contributed by atoms with van der Waals surface area (Å²) >= 11 is 0. The molecule has 0 atom stereocenters. The van der Waals surface area contributed by atoms with E-state index in [2.05, 4.69) is 25.5 Å². The largest absolute Gasteiger partial charge is 0.477 e. The minimum Gasteiger partial charge on any atom is -0.477 e. The summed E-state index contributed by atoms with van der Waals surface area (Å²) in [4.78, 5) is 28.8. The summed E-state index contributed by atoms with van der Waals surface area (Å²) in [7, 11) is 0. The molecular weight excluding hydrogens is 238 g/mol.